The van der Waals surface area contributed by atoms with Crippen LogP contribution >= 0.6 is 0 Å². The fourth-order valence-electron chi connectivity index (χ4n) is 2.39. The molecule has 2 N–H and O–H groups in total. The van der Waals surface area contributed by atoms with Crippen LogP contribution in [0.25, 0.3) is 5.69 Å². The number of hydrogen-bond acceptors (Lipinski definition) is 4. The molecule has 25 heavy (non-hydrogen) atoms. The molecule has 2 rings (SSSR count). The first-order valence-corrected chi connectivity index (χ1v) is 7.92. The van der Waals surface area contributed by atoms with Crippen molar-refractivity contribution in [2.75, 3.05) is 13.2 Å². The summed E-state index contributed by atoms with van der Waals surface area (Å²) in [5.41, 5.74) is 2.39. The number of benzene rings is 1. The third-order valence-corrected chi connectivity index (χ3v) is 3.63. The molecule has 0 aliphatic rings. The second-order valence-electron chi connectivity index (χ2n) is 5.44. The molecule has 2 amide bonds. The molecule has 0 bridgehead atoms. The number of carbonyl (C=O) groups is 2. The van der Waals surface area contributed by atoms with Gasteiger partial charge < -0.3 is 15.4 Å². The number of rotatable bonds is 6. The summed E-state index contributed by atoms with van der Waals surface area (Å²) in [5.74, 6) is -0.655. The van der Waals surface area contributed by atoms with Crippen LogP contribution in [0.5, 0.6) is 0 Å². The molecule has 0 spiro atoms. The highest BCUT2D eigenvalue weighted by Gasteiger charge is 2.16. The molecule has 1 heterocycles. The SMILES string of the molecule is CCOC(=O)NCC(=O)N[C@@H](C)c1cnn(-c2ccc(F)cc2)c1C. The van der Waals surface area contributed by atoms with Crippen LogP contribution in [0.1, 0.15) is 31.1 Å². The minimum atomic E-state index is -0.634. The average Bonchev–Trinajstić information content (AvgIpc) is 2.96. The fraction of sp³-hybridized carbons (Fsp3) is 0.353. The lowest BCUT2D eigenvalue weighted by molar-refractivity contribution is -0.120. The van der Waals surface area contributed by atoms with E-state index >= 15 is 0 Å². The van der Waals surface area contributed by atoms with Gasteiger partial charge in [0.2, 0.25) is 5.91 Å². The number of amides is 2. The first kappa shape index (κ1) is 18.4. The molecule has 2 aromatic rings. The lowest BCUT2D eigenvalue weighted by Gasteiger charge is -2.14. The Kier molecular flexibility index (Phi) is 6.10. The smallest absolute Gasteiger partial charge is 0.407 e. The maximum absolute atomic E-state index is 13.0. The monoisotopic (exact) mass is 348 g/mol. The third-order valence-electron chi connectivity index (χ3n) is 3.63. The van der Waals surface area contributed by atoms with Crippen molar-refractivity contribution in [2.24, 2.45) is 0 Å². The van der Waals surface area contributed by atoms with Gasteiger partial charge >= 0.3 is 6.09 Å². The molecule has 134 valence electrons. The summed E-state index contributed by atoms with van der Waals surface area (Å²) in [6.07, 6.45) is 1.02. The number of ether oxygens (including phenoxy) is 1. The molecule has 8 heteroatoms. The summed E-state index contributed by atoms with van der Waals surface area (Å²) in [7, 11) is 0. The molecule has 7 nitrogen and oxygen atoms in total. The van der Waals surface area contributed by atoms with Gasteiger partial charge in [0.1, 0.15) is 12.4 Å². The van der Waals surface area contributed by atoms with Gasteiger partial charge in [0.25, 0.3) is 0 Å². The zero-order valence-corrected chi connectivity index (χ0v) is 14.4. The summed E-state index contributed by atoms with van der Waals surface area (Å²) >= 11 is 0. The van der Waals surface area contributed by atoms with E-state index in [1.165, 1.54) is 12.1 Å². The molecule has 0 unspecified atom stereocenters. The number of alkyl carbamates (subject to hydrolysis) is 1. The van der Waals surface area contributed by atoms with E-state index in [4.69, 9.17) is 4.74 Å². The van der Waals surface area contributed by atoms with Crippen molar-refractivity contribution in [1.82, 2.24) is 20.4 Å². The lowest BCUT2D eigenvalue weighted by atomic mass is 10.1. The van der Waals surface area contributed by atoms with E-state index in [0.717, 1.165) is 16.9 Å². The van der Waals surface area contributed by atoms with Crippen molar-refractivity contribution in [3.63, 3.8) is 0 Å². The Morgan fingerprint density at radius 2 is 2.00 bits per heavy atom. The first-order valence-electron chi connectivity index (χ1n) is 7.92. The first-order chi connectivity index (χ1) is 11.9. The molecule has 0 fully saturated rings. The van der Waals surface area contributed by atoms with Crippen LogP contribution in [-0.2, 0) is 9.53 Å². The van der Waals surface area contributed by atoms with Crippen molar-refractivity contribution in [3.8, 4) is 5.69 Å². The molecule has 0 saturated carbocycles. The summed E-state index contributed by atoms with van der Waals surface area (Å²) in [6.45, 7) is 5.44. The molecule has 0 saturated heterocycles. The fourth-order valence-corrected chi connectivity index (χ4v) is 2.39. The van der Waals surface area contributed by atoms with E-state index in [9.17, 15) is 14.0 Å². The predicted octanol–water partition coefficient (Wildman–Crippen LogP) is 2.24. The maximum Gasteiger partial charge on any atom is 0.407 e. The number of carbonyl (C=O) groups excluding carboxylic acids is 2. The largest absolute Gasteiger partial charge is 0.450 e. The Hall–Kier alpha value is -2.90. The van der Waals surface area contributed by atoms with E-state index in [2.05, 4.69) is 15.7 Å². The van der Waals surface area contributed by atoms with Gasteiger partial charge in [0.05, 0.1) is 24.5 Å². The molecule has 0 aliphatic carbocycles. The van der Waals surface area contributed by atoms with Gasteiger partial charge in [0, 0.05) is 11.3 Å². The maximum atomic E-state index is 13.0. The van der Waals surface area contributed by atoms with Gasteiger partial charge in [-0.05, 0) is 45.0 Å². The number of halogens is 1. The van der Waals surface area contributed by atoms with Gasteiger partial charge in [-0.2, -0.15) is 5.10 Å². The zero-order chi connectivity index (χ0) is 18.4. The van der Waals surface area contributed by atoms with E-state index in [-0.39, 0.29) is 30.9 Å². The highest BCUT2D eigenvalue weighted by atomic mass is 19.1. The summed E-state index contributed by atoms with van der Waals surface area (Å²) in [4.78, 5) is 23.1. The zero-order valence-electron chi connectivity index (χ0n) is 14.4. The summed E-state index contributed by atoms with van der Waals surface area (Å²) in [6, 6.07) is 5.69. The molecule has 0 aliphatic heterocycles. The summed E-state index contributed by atoms with van der Waals surface area (Å²) in [5, 5.41) is 9.44. The van der Waals surface area contributed by atoms with Crippen LogP contribution in [0.2, 0.25) is 0 Å². The Morgan fingerprint density at radius 1 is 1.32 bits per heavy atom. The Morgan fingerprint density at radius 3 is 2.64 bits per heavy atom. The summed E-state index contributed by atoms with van der Waals surface area (Å²) < 4.78 is 19.4. The van der Waals surface area contributed by atoms with Crippen molar-refractivity contribution < 1.29 is 18.7 Å². The predicted molar refractivity (Wildman–Crippen MR) is 89.8 cm³/mol. The van der Waals surface area contributed by atoms with Gasteiger partial charge in [-0.3, -0.25) is 4.79 Å². The average molecular weight is 348 g/mol. The molecular formula is C17H21FN4O3. The standard InChI is InChI=1S/C17H21FN4O3/c1-4-25-17(24)19-10-16(23)21-11(2)15-9-20-22(12(15)3)14-7-5-13(18)6-8-14/h5-9,11H,4,10H2,1-3H3,(H,19,24)(H,21,23)/t11-/m0/s1. The quantitative estimate of drug-likeness (QED) is 0.838. The van der Waals surface area contributed by atoms with E-state index < -0.39 is 6.09 Å². The Labute approximate surface area is 145 Å². The normalized spacial score (nSPS) is 11.7. The second-order valence-corrected chi connectivity index (χ2v) is 5.44. The molecule has 0 radical (unpaired) electrons. The highest BCUT2D eigenvalue weighted by Crippen LogP contribution is 2.20. The second kappa shape index (κ2) is 8.27. The highest BCUT2D eigenvalue weighted by molar-refractivity contribution is 5.82. The van der Waals surface area contributed by atoms with Gasteiger partial charge in [-0.15, -0.1) is 0 Å². The molecule has 1 atom stereocenters. The minimum absolute atomic E-state index is 0.172. The van der Waals surface area contributed by atoms with Gasteiger partial charge in [-0.1, -0.05) is 0 Å². The van der Waals surface area contributed by atoms with E-state index in [0.29, 0.717) is 0 Å². The minimum Gasteiger partial charge on any atom is -0.450 e. The van der Waals surface area contributed by atoms with Gasteiger partial charge in [-0.25, -0.2) is 13.9 Å². The number of nitrogens with zero attached hydrogens (tertiary/aromatic N) is 2. The topological polar surface area (TPSA) is 85.2 Å². The number of aromatic nitrogens is 2. The molecule has 1 aromatic carbocycles. The Bertz CT molecular complexity index is 743. The Balaban J connectivity index is 2.00. The van der Waals surface area contributed by atoms with Crippen LogP contribution in [-0.4, -0.2) is 34.9 Å². The number of nitrogens with one attached hydrogen (secondary N) is 2. The van der Waals surface area contributed by atoms with Gasteiger partial charge in [0.15, 0.2) is 0 Å². The van der Waals surface area contributed by atoms with Crippen LogP contribution in [0, 0.1) is 12.7 Å². The van der Waals surface area contributed by atoms with Crippen LogP contribution in [0.15, 0.2) is 30.5 Å². The van der Waals surface area contributed by atoms with E-state index in [1.54, 1.807) is 29.9 Å². The number of hydrogen-bond donors (Lipinski definition) is 2. The van der Waals surface area contributed by atoms with Crippen LogP contribution in [0.4, 0.5) is 9.18 Å². The van der Waals surface area contributed by atoms with Crippen molar-refractivity contribution in [3.05, 3.63) is 47.5 Å². The van der Waals surface area contributed by atoms with Crippen molar-refractivity contribution in [1.29, 1.82) is 0 Å². The van der Waals surface area contributed by atoms with Crippen molar-refractivity contribution >= 4 is 12.0 Å². The van der Waals surface area contributed by atoms with Crippen molar-refractivity contribution in [2.45, 2.75) is 26.8 Å². The molecule has 1 aromatic heterocycles. The van der Waals surface area contributed by atoms with Crippen LogP contribution in [0.3, 0.4) is 0 Å². The van der Waals surface area contributed by atoms with Crippen LogP contribution < -0.4 is 10.6 Å². The van der Waals surface area contributed by atoms with E-state index in [1.807, 2.05) is 13.8 Å². The lowest BCUT2D eigenvalue weighted by Crippen LogP contribution is -2.38. The molecular weight excluding hydrogens is 327 g/mol. The third kappa shape index (κ3) is 4.79.